The number of hydrogen-bond donors (Lipinski definition) is 0. The average molecular weight is 316 g/mol. The zero-order valence-electron chi connectivity index (χ0n) is 13.6. The molecule has 0 aliphatic carbocycles. The molecule has 0 aromatic heterocycles. The molecule has 0 radical (unpaired) electrons. The van der Waals surface area contributed by atoms with Gasteiger partial charge in [0.25, 0.3) is 0 Å². The topological polar surface area (TPSA) is 48.1 Å². The predicted molar refractivity (Wildman–Crippen MR) is 91.0 cm³/mol. The van der Waals surface area contributed by atoms with Crippen LogP contribution in [0.2, 0.25) is 0 Å². The van der Waals surface area contributed by atoms with E-state index in [0.29, 0.717) is 18.3 Å². The number of carbonyl (C=O) groups excluding carboxylic acids is 1. The Labute approximate surface area is 138 Å². The second kappa shape index (κ2) is 10.5. The lowest BCUT2D eigenvalue weighted by Crippen LogP contribution is -2.06. The highest BCUT2D eigenvalue weighted by molar-refractivity contribution is 5.86. The van der Waals surface area contributed by atoms with Gasteiger partial charge in [0.2, 0.25) is 0 Å². The number of hydrogen-bond acceptors (Lipinski definition) is 4. The molecule has 0 N–H and O–H groups in total. The maximum absolute atomic E-state index is 10.5. The SMILES string of the molecule is C=CC(OCC1CO1)c1ccccc1.C=CCOC(=O)C(=C)C. The minimum absolute atomic E-state index is 0.0135. The van der Waals surface area contributed by atoms with Gasteiger partial charge in [0.1, 0.15) is 18.8 Å². The number of epoxide rings is 1. The molecule has 1 fully saturated rings. The second-order valence-corrected chi connectivity index (χ2v) is 5.02. The Bertz CT molecular complexity index is 517. The second-order valence-electron chi connectivity index (χ2n) is 5.02. The summed E-state index contributed by atoms with van der Waals surface area (Å²) in [6, 6.07) is 10.1. The third-order valence-corrected chi connectivity index (χ3v) is 2.89. The molecule has 0 bridgehead atoms. The summed E-state index contributed by atoms with van der Waals surface area (Å²) in [7, 11) is 0. The summed E-state index contributed by atoms with van der Waals surface area (Å²) >= 11 is 0. The lowest BCUT2D eigenvalue weighted by Gasteiger charge is -2.13. The summed E-state index contributed by atoms with van der Waals surface area (Å²) in [5, 5.41) is 0. The van der Waals surface area contributed by atoms with E-state index in [4.69, 9.17) is 9.47 Å². The highest BCUT2D eigenvalue weighted by atomic mass is 16.6. The van der Waals surface area contributed by atoms with Crippen LogP contribution in [0.5, 0.6) is 0 Å². The van der Waals surface area contributed by atoms with Gasteiger partial charge in [-0.25, -0.2) is 4.79 Å². The van der Waals surface area contributed by atoms with E-state index in [2.05, 4.69) is 24.5 Å². The molecule has 1 aliphatic rings. The molecule has 1 saturated heterocycles. The van der Waals surface area contributed by atoms with E-state index >= 15 is 0 Å². The van der Waals surface area contributed by atoms with Crippen molar-refractivity contribution in [2.24, 2.45) is 0 Å². The fraction of sp³-hybridized carbons (Fsp3) is 0.316. The Hall–Kier alpha value is -2.17. The van der Waals surface area contributed by atoms with Crippen LogP contribution in [0.1, 0.15) is 18.6 Å². The standard InChI is InChI=1S/C12H14O2.C7H10O2/c1-2-12(14-9-11-8-13-11)10-6-4-3-5-7-10;1-4-5-9-7(8)6(2)3/h2-7,11-12H,1,8-9H2;4H,1-2,5H2,3H3. The Kier molecular flexibility index (Phi) is 8.65. The van der Waals surface area contributed by atoms with Crippen molar-refractivity contribution in [3.8, 4) is 0 Å². The highest BCUT2D eigenvalue weighted by Crippen LogP contribution is 2.20. The first kappa shape index (κ1) is 18.9. The number of benzene rings is 1. The lowest BCUT2D eigenvalue weighted by atomic mass is 10.1. The van der Waals surface area contributed by atoms with Crippen LogP contribution >= 0.6 is 0 Å². The zero-order valence-corrected chi connectivity index (χ0v) is 13.6. The fourth-order valence-corrected chi connectivity index (χ4v) is 1.58. The smallest absolute Gasteiger partial charge is 0.333 e. The summed E-state index contributed by atoms with van der Waals surface area (Å²) in [5.74, 6) is -0.366. The van der Waals surface area contributed by atoms with Gasteiger partial charge >= 0.3 is 5.97 Å². The van der Waals surface area contributed by atoms with Crippen LogP contribution in [-0.2, 0) is 19.0 Å². The Morgan fingerprint density at radius 1 is 1.39 bits per heavy atom. The molecule has 1 aromatic carbocycles. The van der Waals surface area contributed by atoms with Crippen LogP contribution in [0.3, 0.4) is 0 Å². The monoisotopic (exact) mass is 316 g/mol. The van der Waals surface area contributed by atoms with Crippen LogP contribution in [0.15, 0.2) is 67.8 Å². The van der Waals surface area contributed by atoms with Crippen molar-refractivity contribution in [2.75, 3.05) is 19.8 Å². The van der Waals surface area contributed by atoms with Crippen LogP contribution in [0.25, 0.3) is 0 Å². The van der Waals surface area contributed by atoms with Gasteiger partial charge in [-0.1, -0.05) is 55.6 Å². The molecular weight excluding hydrogens is 292 g/mol. The van der Waals surface area contributed by atoms with Crippen molar-refractivity contribution in [2.45, 2.75) is 19.1 Å². The third kappa shape index (κ3) is 8.14. The number of carbonyl (C=O) groups is 1. The Balaban J connectivity index is 0.000000257. The van der Waals surface area contributed by atoms with Crippen LogP contribution in [0.4, 0.5) is 0 Å². The molecule has 1 heterocycles. The molecule has 2 unspecified atom stereocenters. The van der Waals surface area contributed by atoms with Crippen molar-refractivity contribution in [3.05, 3.63) is 73.4 Å². The average Bonchev–Trinajstić information content (AvgIpc) is 3.39. The van der Waals surface area contributed by atoms with Crippen molar-refractivity contribution >= 4 is 5.97 Å². The van der Waals surface area contributed by atoms with Gasteiger partial charge in [-0.05, 0) is 12.5 Å². The van der Waals surface area contributed by atoms with Crippen LogP contribution < -0.4 is 0 Å². The predicted octanol–water partition coefficient (Wildman–Crippen LogP) is 3.62. The summed E-state index contributed by atoms with van der Waals surface area (Å²) in [6.07, 6.45) is 3.63. The minimum atomic E-state index is -0.366. The first-order chi connectivity index (χ1) is 11.1. The number of ether oxygens (including phenoxy) is 3. The molecule has 0 amide bonds. The highest BCUT2D eigenvalue weighted by Gasteiger charge is 2.23. The zero-order chi connectivity index (χ0) is 17.1. The number of rotatable bonds is 8. The molecule has 23 heavy (non-hydrogen) atoms. The molecule has 4 nitrogen and oxygen atoms in total. The molecule has 0 saturated carbocycles. The van der Waals surface area contributed by atoms with Gasteiger partial charge in [-0.3, -0.25) is 0 Å². The van der Waals surface area contributed by atoms with Crippen molar-refractivity contribution in [3.63, 3.8) is 0 Å². The molecule has 124 valence electrons. The fourth-order valence-electron chi connectivity index (χ4n) is 1.58. The maximum atomic E-state index is 10.5. The van der Waals surface area contributed by atoms with E-state index in [1.165, 1.54) is 6.08 Å². The largest absolute Gasteiger partial charge is 0.458 e. The maximum Gasteiger partial charge on any atom is 0.333 e. The minimum Gasteiger partial charge on any atom is -0.458 e. The first-order valence-electron chi connectivity index (χ1n) is 7.42. The van der Waals surface area contributed by atoms with Gasteiger partial charge in [0, 0.05) is 5.57 Å². The summed E-state index contributed by atoms with van der Waals surface area (Å²) < 4.78 is 15.3. The van der Waals surface area contributed by atoms with Crippen molar-refractivity contribution < 1.29 is 19.0 Å². The third-order valence-electron chi connectivity index (χ3n) is 2.89. The van der Waals surface area contributed by atoms with Gasteiger partial charge in [-0.2, -0.15) is 0 Å². The van der Waals surface area contributed by atoms with E-state index in [9.17, 15) is 4.79 Å². The van der Waals surface area contributed by atoms with Crippen LogP contribution in [-0.4, -0.2) is 31.9 Å². The van der Waals surface area contributed by atoms with E-state index in [0.717, 1.165) is 12.2 Å². The first-order valence-corrected chi connectivity index (χ1v) is 7.42. The molecule has 4 heteroatoms. The summed E-state index contributed by atoms with van der Waals surface area (Å²) in [6.45, 7) is 13.9. The quantitative estimate of drug-likeness (QED) is 0.318. The summed E-state index contributed by atoms with van der Waals surface area (Å²) in [5.41, 5.74) is 1.56. The summed E-state index contributed by atoms with van der Waals surface area (Å²) in [4.78, 5) is 10.5. The van der Waals surface area contributed by atoms with Crippen molar-refractivity contribution in [1.82, 2.24) is 0 Å². The van der Waals surface area contributed by atoms with E-state index in [1.54, 1.807) is 6.92 Å². The Morgan fingerprint density at radius 2 is 2.04 bits per heavy atom. The Morgan fingerprint density at radius 3 is 2.52 bits per heavy atom. The molecule has 0 spiro atoms. The molecule has 1 aliphatic heterocycles. The normalized spacial score (nSPS) is 16.3. The van der Waals surface area contributed by atoms with Gasteiger partial charge in [0.05, 0.1) is 13.2 Å². The molecule has 2 atom stereocenters. The van der Waals surface area contributed by atoms with Gasteiger partial charge in [-0.15, -0.1) is 6.58 Å². The van der Waals surface area contributed by atoms with Crippen molar-refractivity contribution in [1.29, 1.82) is 0 Å². The molecule has 1 aromatic rings. The van der Waals surface area contributed by atoms with Gasteiger partial charge in [0.15, 0.2) is 0 Å². The lowest BCUT2D eigenvalue weighted by molar-refractivity contribution is -0.137. The van der Waals surface area contributed by atoms with Crippen LogP contribution in [0, 0.1) is 0 Å². The van der Waals surface area contributed by atoms with E-state index < -0.39 is 0 Å². The van der Waals surface area contributed by atoms with E-state index in [-0.39, 0.29) is 18.7 Å². The molecule has 2 rings (SSSR count). The molecular formula is C19H24O4. The van der Waals surface area contributed by atoms with E-state index in [1.807, 2.05) is 36.4 Å². The number of esters is 1. The van der Waals surface area contributed by atoms with Gasteiger partial charge < -0.3 is 14.2 Å².